The standard InChI is InChI=1S/C22H29N3O/c1-17-10-11-21(23-18(17)2)25-15-12-22(26,19-8-4-3-5-9-19)20(16-25)24-13-6-7-14-24/h3-5,8-11,20,26H,6-7,12-16H2,1-2H3/t20-,22+/m1/s1. The van der Waals surface area contributed by atoms with Crippen molar-refractivity contribution in [2.45, 2.75) is 44.8 Å². The zero-order valence-corrected chi connectivity index (χ0v) is 15.9. The van der Waals surface area contributed by atoms with E-state index in [0.29, 0.717) is 0 Å². The minimum Gasteiger partial charge on any atom is -0.383 e. The fourth-order valence-corrected chi connectivity index (χ4v) is 4.46. The van der Waals surface area contributed by atoms with E-state index in [1.54, 1.807) is 0 Å². The molecule has 4 nitrogen and oxygen atoms in total. The predicted octanol–water partition coefficient (Wildman–Crippen LogP) is 3.26. The number of rotatable bonds is 3. The number of nitrogens with zero attached hydrogens (tertiary/aromatic N) is 3. The maximum absolute atomic E-state index is 11.7. The molecule has 4 heteroatoms. The van der Waals surface area contributed by atoms with Crippen LogP contribution in [0.2, 0.25) is 0 Å². The summed E-state index contributed by atoms with van der Waals surface area (Å²) in [5.74, 6) is 1.03. The third-order valence-corrected chi connectivity index (χ3v) is 6.22. The summed E-state index contributed by atoms with van der Waals surface area (Å²) < 4.78 is 0. The highest BCUT2D eigenvalue weighted by Crippen LogP contribution is 2.38. The molecule has 3 heterocycles. The number of likely N-dealkylation sites (tertiary alicyclic amines) is 1. The number of aliphatic hydroxyl groups is 1. The Morgan fingerprint density at radius 3 is 2.42 bits per heavy atom. The lowest BCUT2D eigenvalue weighted by atomic mass is 9.79. The summed E-state index contributed by atoms with van der Waals surface area (Å²) in [6.07, 6.45) is 3.18. The average Bonchev–Trinajstić information content (AvgIpc) is 3.19. The average molecular weight is 351 g/mol. The minimum atomic E-state index is -0.790. The molecule has 4 rings (SSSR count). The van der Waals surface area contributed by atoms with Crippen LogP contribution in [0, 0.1) is 13.8 Å². The molecular weight excluding hydrogens is 322 g/mol. The monoisotopic (exact) mass is 351 g/mol. The maximum atomic E-state index is 11.7. The first kappa shape index (κ1) is 17.5. The smallest absolute Gasteiger partial charge is 0.128 e. The van der Waals surface area contributed by atoms with Crippen molar-refractivity contribution >= 4 is 5.82 Å². The summed E-state index contributed by atoms with van der Waals surface area (Å²) in [6, 6.07) is 14.6. The molecule has 2 saturated heterocycles. The van der Waals surface area contributed by atoms with E-state index in [0.717, 1.165) is 49.7 Å². The lowest BCUT2D eigenvalue weighted by Crippen LogP contribution is -2.60. The van der Waals surface area contributed by atoms with Gasteiger partial charge in [0, 0.05) is 18.8 Å². The summed E-state index contributed by atoms with van der Waals surface area (Å²) in [5.41, 5.74) is 2.57. The molecule has 0 saturated carbocycles. The van der Waals surface area contributed by atoms with Crippen molar-refractivity contribution in [3.8, 4) is 0 Å². The summed E-state index contributed by atoms with van der Waals surface area (Å²) in [7, 11) is 0. The summed E-state index contributed by atoms with van der Waals surface area (Å²) in [5, 5.41) is 11.7. The Kier molecular flexibility index (Phi) is 4.72. The molecule has 2 fully saturated rings. The molecule has 2 atom stereocenters. The largest absolute Gasteiger partial charge is 0.383 e. The molecule has 2 aromatic rings. The molecule has 0 amide bonds. The van der Waals surface area contributed by atoms with E-state index < -0.39 is 5.60 Å². The van der Waals surface area contributed by atoms with Crippen molar-refractivity contribution in [3.05, 3.63) is 59.3 Å². The minimum absolute atomic E-state index is 0.101. The second-order valence-corrected chi connectivity index (χ2v) is 7.82. The van der Waals surface area contributed by atoms with E-state index in [4.69, 9.17) is 4.98 Å². The Labute approximate surface area is 156 Å². The fraction of sp³-hybridized carbons (Fsp3) is 0.500. The van der Waals surface area contributed by atoms with Gasteiger partial charge in [-0.05, 0) is 63.4 Å². The Hall–Kier alpha value is -1.91. The van der Waals surface area contributed by atoms with Crippen molar-refractivity contribution in [2.75, 3.05) is 31.1 Å². The van der Waals surface area contributed by atoms with Gasteiger partial charge in [-0.1, -0.05) is 36.4 Å². The number of piperidine rings is 1. The van der Waals surface area contributed by atoms with Gasteiger partial charge in [-0.15, -0.1) is 0 Å². The van der Waals surface area contributed by atoms with Gasteiger partial charge in [-0.2, -0.15) is 0 Å². The summed E-state index contributed by atoms with van der Waals surface area (Å²) >= 11 is 0. The Bertz CT molecular complexity index is 757. The molecule has 26 heavy (non-hydrogen) atoms. The predicted molar refractivity (Wildman–Crippen MR) is 105 cm³/mol. The van der Waals surface area contributed by atoms with Gasteiger partial charge in [0.25, 0.3) is 0 Å². The van der Waals surface area contributed by atoms with Crippen molar-refractivity contribution < 1.29 is 5.11 Å². The number of aryl methyl sites for hydroxylation is 2. The van der Waals surface area contributed by atoms with E-state index in [1.807, 2.05) is 18.2 Å². The van der Waals surface area contributed by atoms with Crippen LogP contribution >= 0.6 is 0 Å². The number of benzene rings is 1. The van der Waals surface area contributed by atoms with Gasteiger partial charge < -0.3 is 10.0 Å². The molecule has 0 radical (unpaired) electrons. The van der Waals surface area contributed by atoms with Gasteiger partial charge >= 0.3 is 0 Å². The number of hydrogen-bond acceptors (Lipinski definition) is 4. The lowest BCUT2D eigenvalue weighted by molar-refractivity contribution is -0.0603. The maximum Gasteiger partial charge on any atom is 0.128 e. The normalized spacial score (nSPS) is 27.0. The zero-order valence-electron chi connectivity index (χ0n) is 15.9. The first-order chi connectivity index (χ1) is 12.6. The third-order valence-electron chi connectivity index (χ3n) is 6.22. The molecule has 0 bridgehead atoms. The molecule has 138 valence electrons. The van der Waals surface area contributed by atoms with Crippen LogP contribution in [0.25, 0.3) is 0 Å². The summed E-state index contributed by atoms with van der Waals surface area (Å²) in [6.45, 7) is 7.97. The zero-order chi connectivity index (χ0) is 18.1. The number of anilines is 1. The van der Waals surface area contributed by atoms with Crippen LogP contribution in [0.4, 0.5) is 5.82 Å². The number of aromatic nitrogens is 1. The van der Waals surface area contributed by atoms with Crippen molar-refractivity contribution in [1.29, 1.82) is 0 Å². The third kappa shape index (κ3) is 3.12. The van der Waals surface area contributed by atoms with Gasteiger partial charge in [-0.25, -0.2) is 4.98 Å². The van der Waals surface area contributed by atoms with Gasteiger partial charge in [-0.3, -0.25) is 4.90 Å². The number of pyridine rings is 1. The molecule has 0 spiro atoms. The molecule has 1 aromatic carbocycles. The SMILES string of the molecule is Cc1ccc(N2CC[C@](O)(c3ccccc3)[C@H](N3CCCC3)C2)nc1C. The molecule has 2 aliphatic heterocycles. The van der Waals surface area contributed by atoms with Crippen LogP contribution in [0.5, 0.6) is 0 Å². The van der Waals surface area contributed by atoms with Crippen molar-refractivity contribution in [3.63, 3.8) is 0 Å². The Morgan fingerprint density at radius 2 is 1.73 bits per heavy atom. The van der Waals surface area contributed by atoms with E-state index in [9.17, 15) is 5.11 Å². The highest BCUT2D eigenvalue weighted by molar-refractivity contribution is 5.43. The van der Waals surface area contributed by atoms with Crippen LogP contribution in [-0.2, 0) is 5.60 Å². The molecule has 2 aliphatic rings. The van der Waals surface area contributed by atoms with Crippen LogP contribution in [0.15, 0.2) is 42.5 Å². The highest BCUT2D eigenvalue weighted by atomic mass is 16.3. The Balaban J connectivity index is 1.65. The van der Waals surface area contributed by atoms with Crippen LogP contribution in [-0.4, -0.2) is 47.2 Å². The van der Waals surface area contributed by atoms with E-state index in [2.05, 4.69) is 47.9 Å². The highest BCUT2D eigenvalue weighted by Gasteiger charge is 2.46. The van der Waals surface area contributed by atoms with Crippen molar-refractivity contribution in [2.24, 2.45) is 0 Å². The van der Waals surface area contributed by atoms with E-state index in [1.165, 1.54) is 18.4 Å². The van der Waals surface area contributed by atoms with Gasteiger partial charge in [0.05, 0.1) is 6.04 Å². The van der Waals surface area contributed by atoms with Crippen molar-refractivity contribution in [1.82, 2.24) is 9.88 Å². The van der Waals surface area contributed by atoms with Gasteiger partial charge in [0.2, 0.25) is 0 Å². The second kappa shape index (κ2) is 7.01. The topological polar surface area (TPSA) is 39.6 Å². The molecule has 0 unspecified atom stereocenters. The molecule has 1 aromatic heterocycles. The fourth-order valence-electron chi connectivity index (χ4n) is 4.46. The van der Waals surface area contributed by atoms with Crippen LogP contribution in [0.3, 0.4) is 0 Å². The Morgan fingerprint density at radius 1 is 1.00 bits per heavy atom. The first-order valence-electron chi connectivity index (χ1n) is 9.79. The quantitative estimate of drug-likeness (QED) is 0.921. The first-order valence-corrected chi connectivity index (χ1v) is 9.79. The summed E-state index contributed by atoms with van der Waals surface area (Å²) in [4.78, 5) is 9.64. The van der Waals surface area contributed by atoms with Crippen LogP contribution in [0.1, 0.15) is 36.1 Å². The molecule has 0 aliphatic carbocycles. The van der Waals surface area contributed by atoms with Gasteiger partial charge in [0.15, 0.2) is 0 Å². The molecule has 1 N–H and O–H groups in total. The lowest BCUT2D eigenvalue weighted by Gasteiger charge is -2.49. The van der Waals surface area contributed by atoms with E-state index in [-0.39, 0.29) is 6.04 Å². The second-order valence-electron chi connectivity index (χ2n) is 7.82. The van der Waals surface area contributed by atoms with Crippen LogP contribution < -0.4 is 4.90 Å². The molecular formula is C22H29N3O. The van der Waals surface area contributed by atoms with E-state index >= 15 is 0 Å². The number of hydrogen-bond donors (Lipinski definition) is 1. The van der Waals surface area contributed by atoms with Gasteiger partial charge in [0.1, 0.15) is 11.4 Å².